The van der Waals surface area contributed by atoms with Crippen LogP contribution in [-0.4, -0.2) is 28.0 Å². The molecule has 1 saturated heterocycles. The molecule has 3 heteroatoms. The minimum absolute atomic E-state index is 0.341. The Morgan fingerprint density at radius 3 is 2.79 bits per heavy atom. The van der Waals surface area contributed by atoms with Gasteiger partial charge in [0.15, 0.2) is 0 Å². The smallest absolute Gasteiger partial charge is 0.0544 e. The van der Waals surface area contributed by atoms with Crippen LogP contribution in [-0.2, 0) is 13.1 Å². The summed E-state index contributed by atoms with van der Waals surface area (Å²) in [6.07, 6.45) is 7.34. The van der Waals surface area contributed by atoms with Crippen molar-refractivity contribution in [3.05, 3.63) is 29.6 Å². The molecule has 1 aliphatic heterocycles. The first-order valence-corrected chi connectivity index (χ1v) is 7.56. The van der Waals surface area contributed by atoms with E-state index in [1.165, 1.54) is 43.5 Å². The molecule has 2 aliphatic rings. The lowest BCUT2D eigenvalue weighted by molar-refractivity contribution is 0.164. The quantitative estimate of drug-likeness (QED) is 0.881. The number of hydrogen-bond acceptors (Lipinski definition) is 3. The Morgan fingerprint density at radius 1 is 1.37 bits per heavy atom. The first kappa shape index (κ1) is 13.1. The van der Waals surface area contributed by atoms with Crippen molar-refractivity contribution in [2.45, 2.75) is 64.2 Å². The number of nitrogens with zero attached hydrogens (tertiary/aromatic N) is 2. The summed E-state index contributed by atoms with van der Waals surface area (Å²) in [5.74, 6) is 0. The van der Waals surface area contributed by atoms with Crippen molar-refractivity contribution in [2.75, 3.05) is 6.54 Å². The van der Waals surface area contributed by atoms with E-state index in [1.54, 1.807) is 0 Å². The molecule has 1 N–H and O–H groups in total. The molecule has 2 fully saturated rings. The third kappa shape index (κ3) is 3.34. The second-order valence-electron chi connectivity index (χ2n) is 6.65. The molecule has 0 unspecified atom stereocenters. The molecular formula is C16H25N3. The zero-order chi connectivity index (χ0) is 13.3. The maximum absolute atomic E-state index is 4.62. The van der Waals surface area contributed by atoms with Crippen molar-refractivity contribution in [3.63, 3.8) is 0 Å². The first-order valence-electron chi connectivity index (χ1n) is 7.56. The van der Waals surface area contributed by atoms with Crippen LogP contribution in [0.15, 0.2) is 18.3 Å². The largest absolute Gasteiger partial charge is 0.310 e. The Bertz CT molecular complexity index is 420. The lowest BCUT2D eigenvalue weighted by Gasteiger charge is -2.31. The van der Waals surface area contributed by atoms with Gasteiger partial charge in [-0.1, -0.05) is 6.07 Å². The van der Waals surface area contributed by atoms with Crippen molar-refractivity contribution < 1.29 is 0 Å². The summed E-state index contributed by atoms with van der Waals surface area (Å²) in [7, 11) is 0. The Morgan fingerprint density at radius 2 is 2.21 bits per heavy atom. The molecule has 1 aromatic rings. The van der Waals surface area contributed by atoms with Crippen LogP contribution in [0.4, 0.5) is 0 Å². The summed E-state index contributed by atoms with van der Waals surface area (Å²) < 4.78 is 0. The lowest BCUT2D eigenvalue weighted by Crippen LogP contribution is -2.37. The molecule has 0 atom stereocenters. The molecule has 3 rings (SSSR count). The second-order valence-corrected chi connectivity index (χ2v) is 6.65. The molecule has 1 aromatic heterocycles. The maximum Gasteiger partial charge on any atom is 0.0544 e. The highest BCUT2D eigenvalue weighted by Crippen LogP contribution is 2.29. The van der Waals surface area contributed by atoms with E-state index in [1.807, 2.05) is 6.20 Å². The molecule has 0 aromatic carbocycles. The second kappa shape index (κ2) is 5.22. The standard InChI is InChI=1S/C16H25N3/c1-16(2)8-3-9-19(16)12-15-5-4-13(11-18-15)10-17-14-6-7-14/h4-5,11,14,17H,3,6-10,12H2,1-2H3. The van der Waals surface area contributed by atoms with E-state index in [9.17, 15) is 0 Å². The molecule has 0 spiro atoms. The van der Waals surface area contributed by atoms with Crippen LogP contribution in [0.3, 0.4) is 0 Å². The Hall–Kier alpha value is -0.930. The van der Waals surface area contributed by atoms with E-state index in [0.29, 0.717) is 5.54 Å². The molecule has 19 heavy (non-hydrogen) atoms. The van der Waals surface area contributed by atoms with Crippen molar-refractivity contribution in [3.8, 4) is 0 Å². The number of rotatable bonds is 5. The number of likely N-dealkylation sites (tertiary alicyclic amines) is 1. The molecular weight excluding hydrogens is 234 g/mol. The zero-order valence-electron chi connectivity index (χ0n) is 12.2. The fourth-order valence-corrected chi connectivity index (χ4v) is 2.85. The Labute approximate surface area is 116 Å². The first-order chi connectivity index (χ1) is 9.13. The minimum atomic E-state index is 0.341. The van der Waals surface area contributed by atoms with E-state index in [-0.39, 0.29) is 0 Å². The van der Waals surface area contributed by atoms with Crippen molar-refractivity contribution >= 4 is 0 Å². The Balaban J connectivity index is 1.56. The number of aromatic nitrogens is 1. The fraction of sp³-hybridized carbons (Fsp3) is 0.688. The summed E-state index contributed by atoms with van der Waals surface area (Å²) in [5, 5.41) is 3.53. The van der Waals surface area contributed by atoms with Gasteiger partial charge in [-0.15, -0.1) is 0 Å². The Kier molecular flexibility index (Phi) is 3.59. The summed E-state index contributed by atoms with van der Waals surface area (Å²) in [6.45, 7) is 7.85. The average Bonchev–Trinajstić information content (AvgIpc) is 3.15. The van der Waals surface area contributed by atoms with Crippen molar-refractivity contribution in [1.82, 2.24) is 15.2 Å². The van der Waals surface area contributed by atoms with E-state index in [0.717, 1.165) is 19.1 Å². The van der Waals surface area contributed by atoms with Gasteiger partial charge in [0.1, 0.15) is 0 Å². The van der Waals surface area contributed by atoms with Gasteiger partial charge < -0.3 is 5.32 Å². The van der Waals surface area contributed by atoms with Crippen molar-refractivity contribution in [2.24, 2.45) is 0 Å². The monoisotopic (exact) mass is 259 g/mol. The van der Waals surface area contributed by atoms with Crippen LogP contribution < -0.4 is 5.32 Å². The van der Waals surface area contributed by atoms with E-state index < -0.39 is 0 Å². The van der Waals surface area contributed by atoms with Gasteiger partial charge in [0.05, 0.1) is 5.69 Å². The highest BCUT2D eigenvalue weighted by atomic mass is 15.2. The van der Waals surface area contributed by atoms with E-state index in [4.69, 9.17) is 0 Å². The highest BCUT2D eigenvalue weighted by Gasteiger charge is 2.31. The lowest BCUT2D eigenvalue weighted by atomic mass is 10.0. The third-order valence-corrected chi connectivity index (χ3v) is 4.48. The van der Waals surface area contributed by atoms with Crippen LogP contribution in [0.5, 0.6) is 0 Å². The van der Waals surface area contributed by atoms with E-state index in [2.05, 4.69) is 41.2 Å². The van der Waals surface area contributed by atoms with Gasteiger partial charge in [0.25, 0.3) is 0 Å². The third-order valence-electron chi connectivity index (χ3n) is 4.48. The molecule has 0 bridgehead atoms. The van der Waals surface area contributed by atoms with Crippen LogP contribution in [0.1, 0.15) is 50.8 Å². The predicted octanol–water partition coefficient (Wildman–Crippen LogP) is 2.71. The molecule has 0 amide bonds. The van der Waals surface area contributed by atoms with Gasteiger partial charge >= 0.3 is 0 Å². The number of pyridine rings is 1. The fourth-order valence-electron chi connectivity index (χ4n) is 2.85. The van der Waals surface area contributed by atoms with Gasteiger partial charge in [0.2, 0.25) is 0 Å². The van der Waals surface area contributed by atoms with Crippen LogP contribution >= 0.6 is 0 Å². The topological polar surface area (TPSA) is 28.2 Å². The molecule has 0 radical (unpaired) electrons. The summed E-state index contributed by atoms with van der Waals surface area (Å²) in [5.41, 5.74) is 2.84. The normalized spacial score (nSPS) is 22.8. The molecule has 3 nitrogen and oxygen atoms in total. The van der Waals surface area contributed by atoms with Gasteiger partial charge in [-0.25, -0.2) is 0 Å². The molecule has 2 heterocycles. The molecule has 104 valence electrons. The van der Waals surface area contributed by atoms with Gasteiger partial charge in [-0.05, 0) is 57.7 Å². The SMILES string of the molecule is CC1(C)CCCN1Cc1ccc(CNC2CC2)cn1. The highest BCUT2D eigenvalue weighted by molar-refractivity contribution is 5.14. The van der Waals surface area contributed by atoms with Gasteiger partial charge in [-0.3, -0.25) is 9.88 Å². The van der Waals surface area contributed by atoms with Crippen LogP contribution in [0.2, 0.25) is 0 Å². The predicted molar refractivity (Wildman–Crippen MR) is 77.8 cm³/mol. The summed E-state index contributed by atoms with van der Waals surface area (Å²) in [4.78, 5) is 7.18. The molecule has 1 saturated carbocycles. The van der Waals surface area contributed by atoms with Crippen LogP contribution in [0.25, 0.3) is 0 Å². The number of nitrogens with one attached hydrogen (secondary N) is 1. The van der Waals surface area contributed by atoms with Gasteiger partial charge in [-0.2, -0.15) is 0 Å². The van der Waals surface area contributed by atoms with E-state index >= 15 is 0 Å². The number of hydrogen-bond donors (Lipinski definition) is 1. The average molecular weight is 259 g/mol. The molecule has 1 aliphatic carbocycles. The zero-order valence-corrected chi connectivity index (χ0v) is 12.2. The van der Waals surface area contributed by atoms with Crippen molar-refractivity contribution in [1.29, 1.82) is 0 Å². The van der Waals surface area contributed by atoms with Gasteiger partial charge in [0, 0.05) is 30.9 Å². The summed E-state index contributed by atoms with van der Waals surface area (Å²) in [6, 6.07) is 5.18. The summed E-state index contributed by atoms with van der Waals surface area (Å²) >= 11 is 0. The minimum Gasteiger partial charge on any atom is -0.310 e. The van der Waals surface area contributed by atoms with Crippen LogP contribution in [0, 0.1) is 0 Å². The maximum atomic E-state index is 4.62.